The first-order valence-electron chi connectivity index (χ1n) is 9.89. The van der Waals surface area contributed by atoms with Crippen LogP contribution in [0.2, 0.25) is 0 Å². The molecule has 0 unspecified atom stereocenters. The van der Waals surface area contributed by atoms with Crippen molar-refractivity contribution in [2.75, 3.05) is 39.8 Å². The number of carbonyl (C=O) groups is 2. The van der Waals surface area contributed by atoms with E-state index in [4.69, 9.17) is 17.0 Å². The lowest BCUT2D eigenvalue weighted by Crippen LogP contribution is -2.49. The van der Waals surface area contributed by atoms with Crippen LogP contribution in [0.25, 0.3) is 0 Å². The van der Waals surface area contributed by atoms with Crippen LogP contribution in [0.4, 0.5) is 8.78 Å². The lowest BCUT2D eigenvalue weighted by Gasteiger charge is -2.32. The van der Waals surface area contributed by atoms with Crippen molar-refractivity contribution in [1.29, 1.82) is 5.41 Å². The number of piperazine rings is 1. The van der Waals surface area contributed by atoms with E-state index in [-0.39, 0.29) is 34.6 Å². The molecule has 1 aliphatic carbocycles. The molecule has 1 fully saturated rings. The molecule has 0 aromatic carbocycles. The van der Waals surface area contributed by atoms with Gasteiger partial charge in [-0.1, -0.05) is 17.7 Å². The SMILES string of the molecule is CN1CCN(C(=O)CN/C=C2/C=C(NC(=O)c3cccc(C(F)F)n3)C(Cl)=CC2=N)CC1. The van der Waals surface area contributed by atoms with E-state index in [9.17, 15) is 18.4 Å². The Balaban J connectivity index is 1.64. The summed E-state index contributed by atoms with van der Waals surface area (Å²) in [5, 5.41) is 13.6. The Bertz CT molecular complexity index is 1000. The number of amides is 2. The third-order valence-corrected chi connectivity index (χ3v) is 5.29. The Kier molecular flexibility index (Phi) is 7.70. The number of pyridine rings is 1. The van der Waals surface area contributed by atoms with Crippen molar-refractivity contribution < 1.29 is 18.4 Å². The molecule has 2 aliphatic rings. The summed E-state index contributed by atoms with van der Waals surface area (Å²) >= 11 is 6.14. The highest BCUT2D eigenvalue weighted by molar-refractivity contribution is 6.35. The zero-order valence-electron chi connectivity index (χ0n) is 17.4. The van der Waals surface area contributed by atoms with Gasteiger partial charge in [0, 0.05) is 38.0 Å². The first-order chi connectivity index (χ1) is 15.2. The highest BCUT2D eigenvalue weighted by Gasteiger charge is 2.20. The van der Waals surface area contributed by atoms with Gasteiger partial charge in [-0.05, 0) is 31.3 Å². The molecule has 8 nitrogen and oxygen atoms in total. The minimum atomic E-state index is -2.80. The minimum Gasteiger partial charge on any atom is -0.382 e. The standard InChI is InChI=1S/C21H23ClF2N6O2/c1-29-5-7-30(8-6-29)19(31)12-26-11-13-9-18(14(22)10-15(13)25)28-21(32)17-4-2-3-16(27-17)20(23)24/h2-4,9-11,20,25-26H,5-8,12H2,1H3,(H,28,32)/b13-11-,25-15?. The number of rotatable bonds is 6. The number of halogens is 3. The number of nitrogens with zero attached hydrogens (tertiary/aromatic N) is 3. The monoisotopic (exact) mass is 464 g/mol. The summed E-state index contributed by atoms with van der Waals surface area (Å²) in [5.41, 5.74) is -0.0189. The number of alkyl halides is 2. The second-order valence-electron chi connectivity index (χ2n) is 7.33. The second kappa shape index (κ2) is 10.5. The smallest absolute Gasteiger partial charge is 0.280 e. The van der Waals surface area contributed by atoms with Crippen LogP contribution in [-0.2, 0) is 4.79 Å². The lowest BCUT2D eigenvalue weighted by molar-refractivity contribution is -0.131. The molecule has 1 saturated heterocycles. The van der Waals surface area contributed by atoms with E-state index in [1.165, 1.54) is 30.5 Å². The zero-order chi connectivity index (χ0) is 23.3. The molecule has 32 heavy (non-hydrogen) atoms. The van der Waals surface area contributed by atoms with Crippen LogP contribution in [0, 0.1) is 5.41 Å². The van der Waals surface area contributed by atoms with Crippen molar-refractivity contribution in [3.8, 4) is 0 Å². The summed E-state index contributed by atoms with van der Waals surface area (Å²) in [6.07, 6.45) is 1.51. The number of hydrogen-bond donors (Lipinski definition) is 3. The Hall–Kier alpha value is -3.11. The fourth-order valence-electron chi connectivity index (χ4n) is 3.11. The average molecular weight is 465 g/mol. The van der Waals surface area contributed by atoms with Crippen LogP contribution < -0.4 is 10.6 Å². The van der Waals surface area contributed by atoms with E-state index in [0.717, 1.165) is 19.2 Å². The molecule has 2 heterocycles. The molecule has 3 N–H and O–H groups in total. The number of aromatic nitrogens is 1. The maximum atomic E-state index is 12.8. The molecule has 2 amide bonds. The van der Waals surface area contributed by atoms with E-state index < -0.39 is 18.0 Å². The predicted molar refractivity (Wildman–Crippen MR) is 117 cm³/mol. The van der Waals surface area contributed by atoms with Crippen molar-refractivity contribution >= 4 is 29.1 Å². The number of carbonyl (C=O) groups excluding carboxylic acids is 2. The molecular weight excluding hydrogens is 442 g/mol. The van der Waals surface area contributed by atoms with E-state index in [0.29, 0.717) is 18.7 Å². The van der Waals surface area contributed by atoms with Gasteiger partial charge in [-0.2, -0.15) is 0 Å². The van der Waals surface area contributed by atoms with Crippen molar-refractivity contribution in [2.45, 2.75) is 6.43 Å². The zero-order valence-corrected chi connectivity index (χ0v) is 18.1. The Morgan fingerprint density at radius 2 is 1.97 bits per heavy atom. The quantitative estimate of drug-likeness (QED) is 0.598. The summed E-state index contributed by atoms with van der Waals surface area (Å²) in [5.74, 6) is -0.760. The molecule has 170 valence electrons. The molecular formula is C21H23ClF2N6O2. The van der Waals surface area contributed by atoms with Gasteiger partial charge in [0.1, 0.15) is 11.4 Å². The van der Waals surface area contributed by atoms with Gasteiger partial charge < -0.3 is 25.8 Å². The molecule has 1 aromatic heterocycles. The first-order valence-corrected chi connectivity index (χ1v) is 10.3. The third-order valence-electron chi connectivity index (χ3n) is 4.98. The van der Waals surface area contributed by atoms with Gasteiger partial charge in [0.25, 0.3) is 12.3 Å². The summed E-state index contributed by atoms with van der Waals surface area (Å²) in [6, 6.07) is 3.76. The van der Waals surface area contributed by atoms with Gasteiger partial charge in [0.15, 0.2) is 0 Å². The van der Waals surface area contributed by atoms with E-state index in [1.54, 1.807) is 4.90 Å². The fraction of sp³-hybridized carbons (Fsp3) is 0.333. The number of allylic oxidation sites excluding steroid dienone is 4. The van der Waals surface area contributed by atoms with Gasteiger partial charge in [-0.15, -0.1) is 0 Å². The highest BCUT2D eigenvalue weighted by Crippen LogP contribution is 2.22. The highest BCUT2D eigenvalue weighted by atomic mass is 35.5. The predicted octanol–water partition coefficient (Wildman–Crippen LogP) is 2.04. The second-order valence-corrected chi connectivity index (χ2v) is 7.74. The Morgan fingerprint density at radius 3 is 2.66 bits per heavy atom. The third kappa shape index (κ3) is 5.98. The van der Waals surface area contributed by atoms with E-state index in [2.05, 4.69) is 20.5 Å². The lowest BCUT2D eigenvalue weighted by atomic mass is 10.0. The van der Waals surface area contributed by atoms with Gasteiger partial charge in [-0.3, -0.25) is 9.59 Å². The molecule has 1 aromatic rings. The maximum Gasteiger partial charge on any atom is 0.280 e. The van der Waals surface area contributed by atoms with Gasteiger partial charge >= 0.3 is 0 Å². The molecule has 0 atom stereocenters. The number of hydrogen-bond acceptors (Lipinski definition) is 6. The minimum absolute atomic E-state index is 0.0478. The molecule has 11 heteroatoms. The largest absolute Gasteiger partial charge is 0.382 e. The molecule has 0 bridgehead atoms. The van der Waals surface area contributed by atoms with Crippen molar-refractivity contribution in [1.82, 2.24) is 25.4 Å². The molecule has 3 rings (SSSR count). The van der Waals surface area contributed by atoms with Crippen LogP contribution in [-0.4, -0.2) is 72.1 Å². The number of nitrogens with one attached hydrogen (secondary N) is 3. The molecule has 0 spiro atoms. The van der Waals surface area contributed by atoms with Gasteiger partial charge in [0.2, 0.25) is 5.91 Å². The van der Waals surface area contributed by atoms with Crippen molar-refractivity contribution in [3.63, 3.8) is 0 Å². The summed E-state index contributed by atoms with van der Waals surface area (Å²) < 4.78 is 25.7. The molecule has 1 aliphatic heterocycles. The topological polar surface area (TPSA) is 101 Å². The van der Waals surface area contributed by atoms with Crippen LogP contribution in [0.15, 0.2) is 52.9 Å². The first kappa shape index (κ1) is 23.6. The normalized spacial score (nSPS) is 18.5. The van der Waals surface area contributed by atoms with Crippen molar-refractivity contribution in [3.05, 3.63) is 64.2 Å². The molecule has 0 radical (unpaired) electrons. The Morgan fingerprint density at radius 1 is 1.25 bits per heavy atom. The van der Waals surface area contributed by atoms with E-state index in [1.807, 2.05) is 7.05 Å². The van der Waals surface area contributed by atoms with Crippen LogP contribution >= 0.6 is 11.6 Å². The van der Waals surface area contributed by atoms with Crippen LogP contribution in [0.1, 0.15) is 22.6 Å². The molecule has 0 saturated carbocycles. The van der Waals surface area contributed by atoms with Gasteiger partial charge in [-0.25, -0.2) is 13.8 Å². The summed E-state index contributed by atoms with van der Waals surface area (Å²) in [4.78, 5) is 32.3. The fourth-order valence-corrected chi connectivity index (χ4v) is 3.32. The van der Waals surface area contributed by atoms with Crippen molar-refractivity contribution in [2.24, 2.45) is 0 Å². The van der Waals surface area contributed by atoms with Gasteiger partial charge in [0.05, 0.1) is 23.0 Å². The van der Waals surface area contributed by atoms with Crippen LogP contribution in [0.3, 0.4) is 0 Å². The Labute approximate surface area is 189 Å². The van der Waals surface area contributed by atoms with E-state index >= 15 is 0 Å². The maximum absolute atomic E-state index is 12.8. The average Bonchev–Trinajstić information content (AvgIpc) is 2.77. The number of likely N-dealkylation sites (N-methyl/N-ethyl adjacent to an activating group) is 1. The summed E-state index contributed by atoms with van der Waals surface area (Å²) in [6.45, 7) is 3.04. The summed E-state index contributed by atoms with van der Waals surface area (Å²) in [7, 11) is 2.01. The van der Waals surface area contributed by atoms with Crippen LogP contribution in [0.5, 0.6) is 0 Å².